The summed E-state index contributed by atoms with van der Waals surface area (Å²) in [5.74, 6) is -0.549. The Kier molecular flexibility index (Phi) is 5.69. The number of carbonyl (C=O) groups is 2. The van der Waals surface area contributed by atoms with Crippen molar-refractivity contribution in [2.45, 2.75) is 51.7 Å². The van der Waals surface area contributed by atoms with Crippen molar-refractivity contribution >= 4 is 31.7 Å². The fourth-order valence-corrected chi connectivity index (χ4v) is 4.58. The first-order chi connectivity index (χ1) is 10.9. The van der Waals surface area contributed by atoms with Gasteiger partial charge in [-0.1, -0.05) is 0 Å². The first-order valence-electron chi connectivity index (χ1n) is 8.14. The minimum Gasteiger partial charge on any atom is -0.444 e. The van der Waals surface area contributed by atoms with Gasteiger partial charge < -0.3 is 14.5 Å². The van der Waals surface area contributed by atoms with Gasteiger partial charge in [0.2, 0.25) is 15.0 Å². The second-order valence-electron chi connectivity index (χ2n) is 7.54. The van der Waals surface area contributed by atoms with Crippen molar-refractivity contribution in [2.24, 2.45) is 5.92 Å². The van der Waals surface area contributed by atoms with Crippen LogP contribution in [0, 0.1) is 5.92 Å². The number of nitrogens with zero attached hydrogens (tertiary/aromatic N) is 2. The summed E-state index contributed by atoms with van der Waals surface area (Å²) < 4.78 is 27.8. The SMILES string of the molecule is CC(C)(C)OC(=O)N1CCCC(N2CC(CS(=O)(=O)Cl)CC2=O)C1. The highest BCUT2D eigenvalue weighted by molar-refractivity contribution is 8.13. The zero-order chi connectivity index (χ0) is 18.1. The number of rotatable bonds is 3. The van der Waals surface area contributed by atoms with Crippen LogP contribution in [0.4, 0.5) is 4.79 Å². The fraction of sp³-hybridized carbons (Fsp3) is 0.867. The van der Waals surface area contributed by atoms with Crippen LogP contribution in [0.15, 0.2) is 0 Å². The van der Waals surface area contributed by atoms with E-state index in [9.17, 15) is 18.0 Å². The molecule has 2 fully saturated rings. The molecule has 2 atom stereocenters. The van der Waals surface area contributed by atoms with Gasteiger partial charge in [0.05, 0.1) is 5.75 Å². The maximum Gasteiger partial charge on any atom is 0.410 e. The highest BCUT2D eigenvalue weighted by atomic mass is 35.7. The molecule has 24 heavy (non-hydrogen) atoms. The Labute approximate surface area is 147 Å². The van der Waals surface area contributed by atoms with Crippen molar-refractivity contribution in [3.63, 3.8) is 0 Å². The van der Waals surface area contributed by atoms with E-state index in [-0.39, 0.29) is 36.1 Å². The Hall–Kier alpha value is -1.02. The zero-order valence-electron chi connectivity index (χ0n) is 14.3. The molecule has 0 spiro atoms. The Bertz CT molecular complexity index is 601. The van der Waals surface area contributed by atoms with Crippen LogP contribution in [-0.2, 0) is 18.6 Å². The number of piperidine rings is 1. The fourth-order valence-electron chi connectivity index (χ4n) is 3.26. The van der Waals surface area contributed by atoms with Crippen molar-refractivity contribution < 1.29 is 22.7 Å². The molecular weight excluding hydrogens is 356 g/mol. The Morgan fingerprint density at radius 3 is 2.58 bits per heavy atom. The molecule has 9 heteroatoms. The summed E-state index contributed by atoms with van der Waals surface area (Å²) in [7, 11) is 1.67. The van der Waals surface area contributed by atoms with E-state index in [2.05, 4.69) is 0 Å². The molecule has 2 saturated heterocycles. The highest BCUT2D eigenvalue weighted by Crippen LogP contribution is 2.27. The Morgan fingerprint density at radius 2 is 2.00 bits per heavy atom. The van der Waals surface area contributed by atoms with Gasteiger partial charge in [-0.15, -0.1) is 0 Å². The first-order valence-corrected chi connectivity index (χ1v) is 10.6. The number of ether oxygens (including phenoxy) is 1. The van der Waals surface area contributed by atoms with Crippen molar-refractivity contribution in [2.75, 3.05) is 25.4 Å². The third kappa shape index (κ3) is 5.51. The molecule has 0 aliphatic carbocycles. The van der Waals surface area contributed by atoms with Crippen LogP contribution in [0.25, 0.3) is 0 Å². The normalized spacial score (nSPS) is 25.9. The van der Waals surface area contributed by atoms with E-state index < -0.39 is 14.7 Å². The van der Waals surface area contributed by atoms with Gasteiger partial charge in [0.1, 0.15) is 5.60 Å². The number of hydrogen-bond donors (Lipinski definition) is 0. The number of hydrogen-bond acceptors (Lipinski definition) is 5. The van der Waals surface area contributed by atoms with E-state index in [1.165, 1.54) is 0 Å². The van der Waals surface area contributed by atoms with Gasteiger partial charge in [-0.2, -0.15) is 0 Å². The van der Waals surface area contributed by atoms with Gasteiger partial charge in [0, 0.05) is 48.7 Å². The predicted octanol–water partition coefficient (Wildman–Crippen LogP) is 1.80. The molecular formula is C15H25ClN2O5S. The lowest BCUT2D eigenvalue weighted by molar-refractivity contribution is -0.130. The Balaban J connectivity index is 1.97. The standard InChI is InChI=1S/C15H25ClN2O5S/c1-15(2,3)23-14(20)17-6-4-5-12(9-17)18-8-11(7-13(18)19)10-24(16,21)22/h11-12H,4-10H2,1-3H3. The summed E-state index contributed by atoms with van der Waals surface area (Å²) in [6.07, 6.45) is 1.39. The van der Waals surface area contributed by atoms with E-state index >= 15 is 0 Å². The molecule has 2 aliphatic heterocycles. The molecule has 2 rings (SSSR count). The minimum absolute atomic E-state index is 0.0728. The summed E-state index contributed by atoms with van der Waals surface area (Å²) in [5, 5.41) is 0. The number of amides is 2. The van der Waals surface area contributed by atoms with Gasteiger partial charge in [0.25, 0.3) is 0 Å². The number of likely N-dealkylation sites (tertiary alicyclic amines) is 2. The van der Waals surface area contributed by atoms with Gasteiger partial charge in [0.15, 0.2) is 0 Å². The number of carbonyl (C=O) groups excluding carboxylic acids is 2. The van der Waals surface area contributed by atoms with Crippen molar-refractivity contribution in [3.05, 3.63) is 0 Å². The first kappa shape index (κ1) is 19.3. The summed E-state index contributed by atoms with van der Waals surface area (Å²) in [6.45, 7) is 6.83. The maximum atomic E-state index is 12.2. The van der Waals surface area contributed by atoms with Crippen LogP contribution in [0.2, 0.25) is 0 Å². The predicted molar refractivity (Wildman–Crippen MR) is 90.3 cm³/mol. The molecule has 0 aromatic heterocycles. The molecule has 2 amide bonds. The molecule has 2 aliphatic rings. The minimum atomic E-state index is -3.62. The van der Waals surface area contributed by atoms with Crippen LogP contribution < -0.4 is 0 Å². The topological polar surface area (TPSA) is 84.0 Å². The molecule has 0 radical (unpaired) electrons. The van der Waals surface area contributed by atoms with E-state index in [1.807, 2.05) is 20.8 Å². The van der Waals surface area contributed by atoms with Crippen LogP contribution in [0.5, 0.6) is 0 Å². The summed E-state index contributed by atoms with van der Waals surface area (Å²) in [5.41, 5.74) is -0.562. The molecule has 138 valence electrons. The van der Waals surface area contributed by atoms with E-state index in [1.54, 1.807) is 9.80 Å². The second-order valence-corrected chi connectivity index (χ2v) is 10.4. The van der Waals surface area contributed by atoms with Crippen LogP contribution in [0.1, 0.15) is 40.0 Å². The maximum absolute atomic E-state index is 12.2. The summed E-state index contributed by atoms with van der Waals surface area (Å²) in [6, 6.07) is -0.0956. The number of halogens is 1. The lowest BCUT2D eigenvalue weighted by atomic mass is 10.0. The third-order valence-electron chi connectivity index (χ3n) is 4.16. The highest BCUT2D eigenvalue weighted by Gasteiger charge is 2.39. The van der Waals surface area contributed by atoms with Gasteiger partial charge in [-0.3, -0.25) is 4.79 Å². The van der Waals surface area contributed by atoms with Gasteiger partial charge in [-0.25, -0.2) is 13.2 Å². The molecule has 0 aromatic carbocycles. The average Bonchev–Trinajstić information content (AvgIpc) is 2.75. The lowest BCUT2D eigenvalue weighted by Crippen LogP contribution is -2.51. The van der Waals surface area contributed by atoms with Crippen LogP contribution in [-0.4, -0.2) is 67.2 Å². The summed E-state index contributed by atoms with van der Waals surface area (Å²) in [4.78, 5) is 27.8. The van der Waals surface area contributed by atoms with Crippen molar-refractivity contribution in [1.29, 1.82) is 0 Å². The lowest BCUT2D eigenvalue weighted by Gasteiger charge is -2.38. The van der Waals surface area contributed by atoms with Crippen LogP contribution >= 0.6 is 10.7 Å². The third-order valence-corrected chi connectivity index (χ3v) is 5.41. The van der Waals surface area contributed by atoms with E-state index in [4.69, 9.17) is 15.4 Å². The average molecular weight is 381 g/mol. The molecule has 0 bridgehead atoms. The largest absolute Gasteiger partial charge is 0.444 e. The van der Waals surface area contributed by atoms with Crippen molar-refractivity contribution in [3.8, 4) is 0 Å². The quantitative estimate of drug-likeness (QED) is 0.697. The Morgan fingerprint density at radius 1 is 1.33 bits per heavy atom. The smallest absolute Gasteiger partial charge is 0.410 e. The van der Waals surface area contributed by atoms with Gasteiger partial charge >= 0.3 is 6.09 Å². The zero-order valence-corrected chi connectivity index (χ0v) is 15.9. The monoisotopic (exact) mass is 380 g/mol. The molecule has 7 nitrogen and oxygen atoms in total. The van der Waals surface area contributed by atoms with Crippen molar-refractivity contribution in [1.82, 2.24) is 9.80 Å². The molecule has 2 unspecified atom stereocenters. The van der Waals surface area contributed by atoms with E-state index in [0.29, 0.717) is 19.6 Å². The molecule has 0 N–H and O–H groups in total. The van der Waals surface area contributed by atoms with E-state index in [0.717, 1.165) is 12.8 Å². The molecule has 2 heterocycles. The van der Waals surface area contributed by atoms with Crippen LogP contribution in [0.3, 0.4) is 0 Å². The molecule has 0 aromatic rings. The summed E-state index contributed by atoms with van der Waals surface area (Å²) >= 11 is 0. The molecule has 0 saturated carbocycles. The van der Waals surface area contributed by atoms with Gasteiger partial charge in [-0.05, 0) is 33.6 Å². The second kappa shape index (κ2) is 7.07.